The Bertz CT molecular complexity index is 1690. The fourth-order valence-corrected chi connectivity index (χ4v) is 6.00. The van der Waals surface area contributed by atoms with Crippen molar-refractivity contribution in [2.45, 2.75) is 66.2 Å². The summed E-state index contributed by atoms with van der Waals surface area (Å²) < 4.78 is 2.51. The second-order valence-electron chi connectivity index (χ2n) is 12.7. The lowest BCUT2D eigenvalue weighted by atomic mass is 9.84. The Morgan fingerprint density at radius 3 is 1.92 bits per heavy atom. The van der Waals surface area contributed by atoms with E-state index in [1.54, 1.807) is 0 Å². The molecule has 1 aliphatic rings. The molecule has 0 aliphatic heterocycles. The normalized spacial score (nSPS) is 13.0. The first kappa shape index (κ1) is 23.0. The third kappa shape index (κ3) is 3.33. The third-order valence-corrected chi connectivity index (χ3v) is 7.88. The van der Waals surface area contributed by atoms with Crippen molar-refractivity contribution in [1.29, 1.82) is 0 Å². The van der Waals surface area contributed by atoms with E-state index in [9.17, 15) is 0 Å². The maximum atomic E-state index is 2.51. The molecule has 1 nitrogen and oxygen atoms in total. The van der Waals surface area contributed by atoms with Crippen LogP contribution in [0.4, 0.5) is 0 Å². The monoisotopic (exact) mass is 470 g/mol. The molecular formula is C35H36N+. The Labute approximate surface area is 215 Å². The zero-order valence-electron chi connectivity index (χ0n) is 22.9. The van der Waals surface area contributed by atoms with E-state index in [0.717, 1.165) is 0 Å². The molecule has 0 N–H and O–H groups in total. The van der Waals surface area contributed by atoms with Crippen molar-refractivity contribution in [2.75, 3.05) is 0 Å². The standard InChI is InChI=1S/C35H36N/c1-21-16-22(2)31-27(17-21)28-18-24(35(6,7)8)20-30-32(28)33(31)26-15-14-23(34(3,4)5)19-29(26)36(30)25-12-10-9-11-13-25/h9-20H,1-8H3/q+1. The predicted octanol–water partition coefficient (Wildman–Crippen LogP) is 9.13. The molecule has 0 spiro atoms. The highest BCUT2D eigenvalue weighted by Crippen LogP contribution is 2.52. The van der Waals surface area contributed by atoms with E-state index >= 15 is 0 Å². The van der Waals surface area contributed by atoms with Crippen molar-refractivity contribution in [3.8, 4) is 27.9 Å². The van der Waals surface area contributed by atoms with Gasteiger partial charge in [0.25, 0.3) is 0 Å². The lowest BCUT2D eigenvalue weighted by molar-refractivity contribution is -0.538. The Morgan fingerprint density at radius 2 is 1.25 bits per heavy atom. The minimum Gasteiger partial charge on any atom is -0.153 e. The van der Waals surface area contributed by atoms with Crippen LogP contribution in [0.5, 0.6) is 0 Å². The molecule has 180 valence electrons. The van der Waals surface area contributed by atoms with Gasteiger partial charge in [-0.2, -0.15) is 4.57 Å². The Balaban J connectivity index is 1.92. The van der Waals surface area contributed by atoms with Crippen LogP contribution in [0.15, 0.2) is 72.8 Å². The maximum absolute atomic E-state index is 2.51. The molecule has 1 heteroatoms. The highest BCUT2D eigenvalue weighted by molar-refractivity contribution is 6.21. The largest absolute Gasteiger partial charge is 0.220 e. The second kappa shape index (κ2) is 7.53. The number of fused-ring (bicyclic) bond motifs is 5. The Kier molecular flexibility index (Phi) is 4.80. The van der Waals surface area contributed by atoms with Crippen molar-refractivity contribution in [2.24, 2.45) is 0 Å². The van der Waals surface area contributed by atoms with Gasteiger partial charge in [0.2, 0.25) is 16.7 Å². The van der Waals surface area contributed by atoms with Crippen LogP contribution in [0.3, 0.4) is 0 Å². The molecule has 1 aliphatic carbocycles. The minimum atomic E-state index is 0.0449. The fraction of sp³-hybridized carbons (Fsp3) is 0.286. The first-order chi connectivity index (χ1) is 16.9. The van der Waals surface area contributed by atoms with E-state index in [-0.39, 0.29) is 10.8 Å². The molecule has 1 heterocycles. The molecule has 36 heavy (non-hydrogen) atoms. The zero-order chi connectivity index (χ0) is 25.6. The average molecular weight is 471 g/mol. The van der Waals surface area contributed by atoms with E-state index in [0.29, 0.717) is 0 Å². The first-order valence-electron chi connectivity index (χ1n) is 13.1. The van der Waals surface area contributed by atoms with Gasteiger partial charge in [-0.3, -0.25) is 0 Å². The molecule has 5 aromatic rings. The molecule has 0 fully saturated rings. The van der Waals surface area contributed by atoms with E-state index in [1.165, 1.54) is 72.0 Å². The topological polar surface area (TPSA) is 3.88 Å². The van der Waals surface area contributed by atoms with Gasteiger partial charge in [0.05, 0.1) is 10.8 Å². The SMILES string of the molecule is Cc1cc(C)c2c(c1)-c1cc(C(C)(C)C)cc3c1c-2c1ccc(C(C)(C)C)cc1[n+]3-c1ccccc1. The lowest BCUT2D eigenvalue weighted by Crippen LogP contribution is -2.33. The quantitative estimate of drug-likeness (QED) is 0.167. The van der Waals surface area contributed by atoms with Gasteiger partial charge in [0.1, 0.15) is 0 Å². The summed E-state index contributed by atoms with van der Waals surface area (Å²) in [5, 5.41) is 2.71. The minimum absolute atomic E-state index is 0.0449. The van der Waals surface area contributed by atoms with Gasteiger partial charge in [0, 0.05) is 29.8 Å². The van der Waals surface area contributed by atoms with Crippen LogP contribution in [0, 0.1) is 13.8 Å². The second-order valence-corrected chi connectivity index (χ2v) is 12.7. The molecule has 0 atom stereocenters. The van der Waals surface area contributed by atoms with Gasteiger partial charge >= 0.3 is 0 Å². The van der Waals surface area contributed by atoms with Crippen molar-refractivity contribution in [1.82, 2.24) is 0 Å². The molecule has 0 bridgehead atoms. The molecule has 0 saturated heterocycles. The summed E-state index contributed by atoms with van der Waals surface area (Å²) >= 11 is 0. The summed E-state index contributed by atoms with van der Waals surface area (Å²) in [6.45, 7) is 18.4. The van der Waals surface area contributed by atoms with Gasteiger partial charge in [-0.15, -0.1) is 0 Å². The summed E-state index contributed by atoms with van der Waals surface area (Å²) in [4.78, 5) is 0. The fourth-order valence-electron chi connectivity index (χ4n) is 6.00. The smallest absolute Gasteiger partial charge is 0.153 e. The van der Waals surface area contributed by atoms with E-state index in [4.69, 9.17) is 0 Å². The molecule has 1 aromatic heterocycles. The molecule has 0 radical (unpaired) electrons. The molecule has 0 saturated carbocycles. The van der Waals surface area contributed by atoms with E-state index in [2.05, 4.69) is 133 Å². The van der Waals surface area contributed by atoms with Gasteiger partial charge in [-0.1, -0.05) is 83.5 Å². The predicted molar refractivity (Wildman–Crippen MR) is 154 cm³/mol. The van der Waals surface area contributed by atoms with Crippen LogP contribution in [-0.4, -0.2) is 0 Å². The van der Waals surface area contributed by atoms with Crippen molar-refractivity contribution >= 4 is 21.8 Å². The van der Waals surface area contributed by atoms with Crippen LogP contribution in [0.1, 0.15) is 63.8 Å². The maximum Gasteiger partial charge on any atom is 0.220 e. The van der Waals surface area contributed by atoms with Crippen LogP contribution in [-0.2, 0) is 10.8 Å². The number of rotatable bonds is 1. The summed E-state index contributed by atoms with van der Waals surface area (Å²) in [7, 11) is 0. The molecule has 4 aromatic carbocycles. The Hall–Kier alpha value is -3.45. The number of para-hydroxylation sites is 1. The van der Waals surface area contributed by atoms with Crippen LogP contribution in [0.2, 0.25) is 0 Å². The number of aryl methyl sites for hydroxylation is 2. The Morgan fingerprint density at radius 1 is 0.583 bits per heavy atom. The van der Waals surface area contributed by atoms with E-state index in [1.807, 2.05) is 0 Å². The van der Waals surface area contributed by atoms with Crippen LogP contribution < -0.4 is 4.57 Å². The number of nitrogens with zero attached hydrogens (tertiary/aromatic N) is 1. The van der Waals surface area contributed by atoms with Gasteiger partial charge in [0.15, 0.2) is 0 Å². The molecule has 0 unspecified atom stereocenters. The summed E-state index contributed by atoms with van der Waals surface area (Å²) in [6, 6.07) is 27.7. The average Bonchev–Trinajstić information content (AvgIpc) is 3.14. The number of pyridine rings is 1. The molecular weight excluding hydrogens is 434 g/mol. The van der Waals surface area contributed by atoms with Crippen molar-refractivity contribution < 1.29 is 4.57 Å². The van der Waals surface area contributed by atoms with Gasteiger partial charge in [-0.25, -0.2) is 0 Å². The van der Waals surface area contributed by atoms with Crippen molar-refractivity contribution in [3.63, 3.8) is 0 Å². The van der Waals surface area contributed by atoms with Gasteiger partial charge < -0.3 is 0 Å². The summed E-state index contributed by atoms with van der Waals surface area (Å²) in [6.07, 6.45) is 0. The van der Waals surface area contributed by atoms with Crippen LogP contribution in [0.25, 0.3) is 49.7 Å². The van der Waals surface area contributed by atoms with Gasteiger partial charge in [-0.05, 0) is 70.2 Å². The zero-order valence-corrected chi connectivity index (χ0v) is 22.9. The highest BCUT2D eigenvalue weighted by Gasteiger charge is 2.34. The van der Waals surface area contributed by atoms with Crippen molar-refractivity contribution in [3.05, 3.63) is 95.1 Å². The number of aromatic nitrogens is 1. The summed E-state index contributed by atoms with van der Waals surface area (Å²) in [5.41, 5.74) is 14.9. The summed E-state index contributed by atoms with van der Waals surface area (Å²) in [5.74, 6) is 0. The number of benzene rings is 4. The number of hydrogen-bond acceptors (Lipinski definition) is 0. The number of hydrogen-bond donors (Lipinski definition) is 0. The molecule has 6 rings (SSSR count). The highest BCUT2D eigenvalue weighted by atomic mass is 15.0. The lowest BCUT2D eigenvalue weighted by Gasteiger charge is -2.21. The first-order valence-corrected chi connectivity index (χ1v) is 13.1. The van der Waals surface area contributed by atoms with E-state index < -0.39 is 0 Å². The van der Waals surface area contributed by atoms with Crippen LogP contribution >= 0.6 is 0 Å². The molecule has 0 amide bonds. The third-order valence-electron chi connectivity index (χ3n) is 7.88.